The number of hydrogen-bond donors (Lipinski definition) is 2. The van der Waals surface area contributed by atoms with Crippen LogP contribution in [0.5, 0.6) is 11.5 Å². The van der Waals surface area contributed by atoms with E-state index in [-0.39, 0.29) is 37.1 Å². The molecule has 2 heterocycles. The molecule has 1 fully saturated rings. The Morgan fingerprint density at radius 3 is 2.66 bits per heavy atom. The summed E-state index contributed by atoms with van der Waals surface area (Å²) in [5.74, 6) is 0.599. The van der Waals surface area contributed by atoms with Crippen molar-refractivity contribution in [3.63, 3.8) is 0 Å². The quantitative estimate of drug-likeness (QED) is 0.700. The Balaban J connectivity index is 1.62. The first kappa shape index (κ1) is 20.9. The number of likely N-dealkylation sites (N-methyl/N-ethyl adjacent to an activating group) is 1. The number of fused-ring (bicyclic) bond motifs is 1. The van der Waals surface area contributed by atoms with Gasteiger partial charge in [0.15, 0.2) is 17.3 Å². The maximum absolute atomic E-state index is 12.6. The van der Waals surface area contributed by atoms with Gasteiger partial charge in [-0.25, -0.2) is 4.79 Å². The zero-order valence-electron chi connectivity index (χ0n) is 17.1. The normalized spacial score (nSPS) is 17.9. The fourth-order valence-corrected chi connectivity index (χ4v) is 3.64. The second kappa shape index (κ2) is 9.13. The van der Waals surface area contributed by atoms with Crippen molar-refractivity contribution < 1.29 is 23.9 Å². The van der Waals surface area contributed by atoms with Crippen molar-refractivity contribution in [1.82, 2.24) is 15.1 Å². The number of nitrogens with one attached hydrogen (secondary N) is 2. The summed E-state index contributed by atoms with van der Waals surface area (Å²) in [6, 6.07) is 3.24. The summed E-state index contributed by atoms with van der Waals surface area (Å²) in [5, 5.41) is 5.64. The molecule has 0 saturated carbocycles. The van der Waals surface area contributed by atoms with Crippen LogP contribution in [0.3, 0.4) is 0 Å². The molecule has 3 amide bonds. The maximum atomic E-state index is 12.6. The molecule has 9 nitrogen and oxygen atoms in total. The van der Waals surface area contributed by atoms with Gasteiger partial charge < -0.3 is 25.0 Å². The largest absolute Gasteiger partial charge is 0.454 e. The van der Waals surface area contributed by atoms with Gasteiger partial charge in [0.05, 0.1) is 12.2 Å². The summed E-state index contributed by atoms with van der Waals surface area (Å²) in [6.45, 7) is 5.47. The minimum absolute atomic E-state index is 0.0680. The number of carbonyl (C=O) groups excluding carboxylic acids is 3. The highest BCUT2D eigenvalue weighted by Gasteiger charge is 2.27. The number of rotatable bonds is 6. The molecule has 1 saturated heterocycles. The van der Waals surface area contributed by atoms with Crippen LogP contribution in [-0.4, -0.2) is 73.6 Å². The van der Waals surface area contributed by atoms with Crippen LogP contribution in [0.25, 0.3) is 0 Å². The van der Waals surface area contributed by atoms with Crippen molar-refractivity contribution in [2.75, 3.05) is 45.3 Å². The molecule has 0 radical (unpaired) electrons. The number of ketones is 1. The van der Waals surface area contributed by atoms with Crippen molar-refractivity contribution in [1.29, 1.82) is 0 Å². The molecule has 2 aliphatic rings. The zero-order chi connectivity index (χ0) is 21.0. The predicted octanol–water partition coefficient (Wildman–Crippen LogP) is 1.68. The highest BCUT2D eigenvalue weighted by Crippen LogP contribution is 2.37. The van der Waals surface area contributed by atoms with Crippen molar-refractivity contribution in [2.24, 2.45) is 0 Å². The lowest BCUT2D eigenvalue weighted by Gasteiger charge is -2.37. The van der Waals surface area contributed by atoms with Crippen molar-refractivity contribution in [2.45, 2.75) is 32.7 Å². The molecule has 0 bridgehead atoms. The monoisotopic (exact) mass is 404 g/mol. The molecule has 158 valence electrons. The van der Waals surface area contributed by atoms with Crippen LogP contribution in [0.2, 0.25) is 0 Å². The standard InChI is InChI=1S/C20H28N4O5/c1-4-21-20(27)24-7-5-6-14(10-24)23(3)11-19(26)22-16-9-18-17(28-12-29-18)8-15(16)13(2)25/h8-9,14H,4-7,10-12H2,1-3H3,(H,21,27)(H,22,26). The molecule has 0 spiro atoms. The molecular formula is C20H28N4O5. The number of Topliss-reactive ketones (excluding diaryl/α,β-unsaturated/α-hetero) is 1. The van der Waals surface area contributed by atoms with Crippen LogP contribution in [-0.2, 0) is 4.79 Å². The first-order valence-electron chi connectivity index (χ1n) is 9.86. The molecule has 2 N–H and O–H groups in total. The number of amides is 3. The van der Waals surface area contributed by atoms with E-state index in [4.69, 9.17) is 9.47 Å². The number of anilines is 1. The van der Waals surface area contributed by atoms with Gasteiger partial charge in [-0.2, -0.15) is 0 Å². The Morgan fingerprint density at radius 2 is 1.97 bits per heavy atom. The van der Waals surface area contributed by atoms with Crippen molar-refractivity contribution in [3.05, 3.63) is 17.7 Å². The Morgan fingerprint density at radius 1 is 1.24 bits per heavy atom. The molecule has 9 heteroatoms. The van der Waals surface area contributed by atoms with Gasteiger partial charge in [-0.1, -0.05) is 0 Å². The molecule has 0 aromatic heterocycles. The SMILES string of the molecule is CCNC(=O)N1CCCC(N(C)CC(=O)Nc2cc3c(cc2C(C)=O)OCO3)C1. The minimum Gasteiger partial charge on any atom is -0.454 e. The van der Waals surface area contributed by atoms with E-state index in [0.29, 0.717) is 35.8 Å². The minimum atomic E-state index is -0.232. The van der Waals surface area contributed by atoms with Gasteiger partial charge in [0.1, 0.15) is 0 Å². The van der Waals surface area contributed by atoms with E-state index < -0.39 is 0 Å². The van der Waals surface area contributed by atoms with Crippen molar-refractivity contribution >= 4 is 23.4 Å². The number of likely N-dealkylation sites (tertiary alicyclic amines) is 1. The third kappa shape index (κ3) is 4.97. The molecule has 1 atom stereocenters. The van der Waals surface area contributed by atoms with Gasteiger partial charge in [0.25, 0.3) is 0 Å². The summed E-state index contributed by atoms with van der Waals surface area (Å²) in [7, 11) is 1.87. The predicted molar refractivity (Wildman–Crippen MR) is 107 cm³/mol. The van der Waals surface area contributed by atoms with Gasteiger partial charge in [-0.3, -0.25) is 14.5 Å². The van der Waals surface area contributed by atoms with Gasteiger partial charge in [0.2, 0.25) is 12.7 Å². The van der Waals surface area contributed by atoms with E-state index in [2.05, 4.69) is 10.6 Å². The molecular weight excluding hydrogens is 376 g/mol. The maximum Gasteiger partial charge on any atom is 0.317 e. The summed E-state index contributed by atoms with van der Waals surface area (Å²) in [5.41, 5.74) is 0.790. The Kier molecular flexibility index (Phi) is 6.58. The first-order valence-corrected chi connectivity index (χ1v) is 9.86. The highest BCUT2D eigenvalue weighted by molar-refractivity contribution is 6.05. The second-order valence-corrected chi connectivity index (χ2v) is 7.35. The summed E-state index contributed by atoms with van der Waals surface area (Å²) >= 11 is 0. The van der Waals surface area contributed by atoms with Crippen LogP contribution in [0.15, 0.2) is 12.1 Å². The van der Waals surface area contributed by atoms with Crippen LogP contribution in [0.4, 0.5) is 10.5 Å². The Hall–Kier alpha value is -2.81. The first-order chi connectivity index (χ1) is 13.9. The van der Waals surface area contributed by atoms with Crippen LogP contribution in [0.1, 0.15) is 37.0 Å². The van der Waals surface area contributed by atoms with E-state index >= 15 is 0 Å². The van der Waals surface area contributed by atoms with Crippen LogP contribution in [0, 0.1) is 0 Å². The van der Waals surface area contributed by atoms with E-state index in [1.54, 1.807) is 17.0 Å². The fourth-order valence-electron chi connectivity index (χ4n) is 3.64. The van der Waals surface area contributed by atoms with E-state index in [0.717, 1.165) is 19.4 Å². The molecule has 1 aromatic carbocycles. The number of piperidine rings is 1. The van der Waals surface area contributed by atoms with Gasteiger partial charge >= 0.3 is 6.03 Å². The van der Waals surface area contributed by atoms with E-state index in [1.807, 2.05) is 18.9 Å². The molecule has 3 rings (SSSR count). The smallest absolute Gasteiger partial charge is 0.317 e. The fraction of sp³-hybridized carbons (Fsp3) is 0.550. The van der Waals surface area contributed by atoms with Gasteiger partial charge in [-0.05, 0) is 39.8 Å². The third-order valence-electron chi connectivity index (χ3n) is 5.19. The molecule has 0 aliphatic carbocycles. The molecule has 2 aliphatic heterocycles. The highest BCUT2D eigenvalue weighted by atomic mass is 16.7. The topological polar surface area (TPSA) is 100 Å². The van der Waals surface area contributed by atoms with Gasteiger partial charge in [0, 0.05) is 37.3 Å². The lowest BCUT2D eigenvalue weighted by molar-refractivity contribution is -0.117. The van der Waals surface area contributed by atoms with E-state index in [1.165, 1.54) is 6.92 Å². The number of ether oxygens (including phenoxy) is 2. The van der Waals surface area contributed by atoms with Crippen LogP contribution >= 0.6 is 0 Å². The average molecular weight is 404 g/mol. The second-order valence-electron chi connectivity index (χ2n) is 7.35. The average Bonchev–Trinajstić information content (AvgIpc) is 3.14. The van der Waals surface area contributed by atoms with Crippen molar-refractivity contribution in [3.8, 4) is 11.5 Å². The lowest BCUT2D eigenvalue weighted by atomic mass is 10.0. The Labute approximate surface area is 170 Å². The molecule has 29 heavy (non-hydrogen) atoms. The Bertz CT molecular complexity index is 797. The summed E-state index contributed by atoms with van der Waals surface area (Å²) in [4.78, 5) is 40.4. The number of nitrogens with zero attached hydrogens (tertiary/aromatic N) is 2. The number of hydrogen-bond acceptors (Lipinski definition) is 6. The molecule has 1 unspecified atom stereocenters. The molecule has 1 aromatic rings. The lowest BCUT2D eigenvalue weighted by Crippen LogP contribution is -2.52. The number of urea groups is 1. The third-order valence-corrected chi connectivity index (χ3v) is 5.19. The number of benzene rings is 1. The zero-order valence-corrected chi connectivity index (χ0v) is 17.1. The summed E-state index contributed by atoms with van der Waals surface area (Å²) < 4.78 is 10.7. The van der Waals surface area contributed by atoms with E-state index in [9.17, 15) is 14.4 Å². The number of carbonyl (C=O) groups is 3. The van der Waals surface area contributed by atoms with Gasteiger partial charge in [-0.15, -0.1) is 0 Å². The van der Waals surface area contributed by atoms with Crippen LogP contribution < -0.4 is 20.1 Å². The summed E-state index contributed by atoms with van der Waals surface area (Å²) in [6.07, 6.45) is 1.81.